The number of carbonyl (C=O) groups is 1. The number of Topliss-reactive ketones (excluding diaryl/α,β-unsaturated/α-hetero) is 1. The number of rotatable bonds is 7. The van der Waals surface area contributed by atoms with E-state index in [4.69, 9.17) is 13.7 Å². The standard InChI is InChI=1S/C16H16O6S/c1-20-14-9-6-10-15(21-2)16(14)23(18,19)22-11-13(17)12-7-4-3-5-8-12/h3-10H,11H2,1-2H3. The van der Waals surface area contributed by atoms with Crippen LogP contribution in [0.1, 0.15) is 10.4 Å². The monoisotopic (exact) mass is 336 g/mol. The molecule has 0 unspecified atom stereocenters. The SMILES string of the molecule is COc1cccc(OC)c1S(=O)(=O)OCC(=O)c1ccccc1. The maximum Gasteiger partial charge on any atom is 0.304 e. The number of carbonyl (C=O) groups excluding carboxylic acids is 1. The van der Waals surface area contributed by atoms with Gasteiger partial charge in [-0.2, -0.15) is 8.42 Å². The van der Waals surface area contributed by atoms with Crippen LogP contribution in [-0.4, -0.2) is 35.0 Å². The number of ketones is 1. The summed E-state index contributed by atoms with van der Waals surface area (Å²) in [5.41, 5.74) is 0.370. The van der Waals surface area contributed by atoms with Gasteiger partial charge < -0.3 is 9.47 Å². The number of hydrogen-bond donors (Lipinski definition) is 0. The summed E-state index contributed by atoms with van der Waals surface area (Å²) in [7, 11) is -1.55. The molecular formula is C16H16O6S. The van der Waals surface area contributed by atoms with Gasteiger partial charge in [0.15, 0.2) is 10.7 Å². The molecule has 2 rings (SSSR count). The van der Waals surface area contributed by atoms with Gasteiger partial charge in [-0.05, 0) is 12.1 Å². The minimum atomic E-state index is -4.22. The Kier molecular flexibility index (Phi) is 5.36. The third-order valence-corrected chi connectivity index (χ3v) is 4.40. The molecule has 0 aliphatic carbocycles. The van der Waals surface area contributed by atoms with Crippen molar-refractivity contribution in [2.24, 2.45) is 0 Å². The summed E-state index contributed by atoms with van der Waals surface area (Å²) in [5, 5.41) is 0. The highest BCUT2D eigenvalue weighted by atomic mass is 32.2. The third-order valence-electron chi connectivity index (χ3n) is 3.07. The van der Waals surface area contributed by atoms with Crippen LogP contribution in [0.3, 0.4) is 0 Å². The highest BCUT2D eigenvalue weighted by molar-refractivity contribution is 7.87. The van der Waals surface area contributed by atoms with E-state index in [0.29, 0.717) is 5.56 Å². The van der Waals surface area contributed by atoms with Crippen molar-refractivity contribution in [3.8, 4) is 11.5 Å². The lowest BCUT2D eigenvalue weighted by atomic mass is 10.1. The average molecular weight is 336 g/mol. The Balaban J connectivity index is 2.25. The summed E-state index contributed by atoms with van der Waals surface area (Å²) in [6.45, 7) is -0.604. The molecule has 0 aromatic heterocycles. The molecule has 0 atom stereocenters. The topological polar surface area (TPSA) is 78.9 Å². The minimum absolute atomic E-state index is 0.0801. The first-order valence-electron chi connectivity index (χ1n) is 6.68. The largest absolute Gasteiger partial charge is 0.495 e. The van der Waals surface area contributed by atoms with E-state index in [1.807, 2.05) is 0 Å². The summed E-state index contributed by atoms with van der Waals surface area (Å²) >= 11 is 0. The molecule has 2 aromatic carbocycles. The van der Waals surface area contributed by atoms with Gasteiger partial charge in [0.05, 0.1) is 14.2 Å². The van der Waals surface area contributed by atoms with Crippen LogP contribution in [0.25, 0.3) is 0 Å². The number of methoxy groups -OCH3 is 2. The van der Waals surface area contributed by atoms with E-state index in [0.717, 1.165) is 0 Å². The van der Waals surface area contributed by atoms with Gasteiger partial charge in [-0.15, -0.1) is 0 Å². The van der Waals surface area contributed by atoms with Crippen molar-refractivity contribution in [2.75, 3.05) is 20.8 Å². The second kappa shape index (κ2) is 7.26. The fourth-order valence-corrected chi connectivity index (χ4v) is 3.14. The molecular weight excluding hydrogens is 320 g/mol. The lowest BCUT2D eigenvalue weighted by molar-refractivity contribution is 0.0924. The van der Waals surface area contributed by atoms with Gasteiger partial charge in [0.25, 0.3) is 0 Å². The normalized spacial score (nSPS) is 11.0. The lowest BCUT2D eigenvalue weighted by Gasteiger charge is -2.13. The van der Waals surface area contributed by atoms with Gasteiger partial charge in [-0.25, -0.2) is 0 Å². The number of benzene rings is 2. The zero-order valence-electron chi connectivity index (χ0n) is 12.7. The second-order valence-corrected chi connectivity index (χ2v) is 6.05. The molecule has 23 heavy (non-hydrogen) atoms. The second-order valence-electron chi connectivity index (χ2n) is 4.50. The maximum atomic E-state index is 12.4. The fraction of sp³-hybridized carbons (Fsp3) is 0.188. The molecule has 2 aromatic rings. The molecule has 0 saturated carbocycles. The smallest absolute Gasteiger partial charge is 0.304 e. The zero-order chi connectivity index (χ0) is 16.9. The van der Waals surface area contributed by atoms with Gasteiger partial charge in [0, 0.05) is 5.56 Å². The molecule has 0 heterocycles. The van der Waals surface area contributed by atoms with Crippen LogP contribution in [-0.2, 0) is 14.3 Å². The van der Waals surface area contributed by atoms with Crippen molar-refractivity contribution >= 4 is 15.9 Å². The Morgan fingerprint density at radius 1 is 0.913 bits per heavy atom. The van der Waals surface area contributed by atoms with E-state index in [2.05, 4.69) is 0 Å². The highest BCUT2D eigenvalue weighted by Crippen LogP contribution is 2.34. The molecule has 0 aliphatic heterocycles. The molecule has 7 heteroatoms. The summed E-state index contributed by atoms with van der Waals surface area (Å²) in [5.74, 6) is -0.281. The Morgan fingerprint density at radius 3 is 2.00 bits per heavy atom. The van der Waals surface area contributed by atoms with Gasteiger partial charge >= 0.3 is 10.1 Å². The van der Waals surface area contributed by atoms with Crippen LogP contribution in [0.4, 0.5) is 0 Å². The molecule has 0 spiro atoms. The fourth-order valence-electron chi connectivity index (χ4n) is 1.96. The summed E-state index contributed by atoms with van der Waals surface area (Å²) in [4.78, 5) is 11.7. The molecule has 0 N–H and O–H groups in total. The minimum Gasteiger partial charge on any atom is -0.495 e. The van der Waals surface area contributed by atoms with Gasteiger partial charge in [-0.1, -0.05) is 36.4 Å². The predicted octanol–water partition coefficient (Wildman–Crippen LogP) is 2.29. The Morgan fingerprint density at radius 2 is 1.48 bits per heavy atom. The van der Waals surface area contributed by atoms with Crippen molar-refractivity contribution in [1.29, 1.82) is 0 Å². The van der Waals surface area contributed by atoms with E-state index in [-0.39, 0.29) is 16.4 Å². The summed E-state index contributed by atoms with van der Waals surface area (Å²) in [6, 6.07) is 12.8. The van der Waals surface area contributed by atoms with Gasteiger partial charge in [0.1, 0.15) is 18.1 Å². The van der Waals surface area contributed by atoms with Crippen LogP contribution in [0, 0.1) is 0 Å². The van der Waals surface area contributed by atoms with E-state index in [1.54, 1.807) is 36.4 Å². The van der Waals surface area contributed by atoms with E-state index >= 15 is 0 Å². The first-order valence-corrected chi connectivity index (χ1v) is 8.09. The Hall–Kier alpha value is -2.38. The van der Waals surface area contributed by atoms with Crippen molar-refractivity contribution in [2.45, 2.75) is 4.90 Å². The van der Waals surface area contributed by atoms with E-state index in [9.17, 15) is 13.2 Å². The third kappa shape index (κ3) is 3.88. The van der Waals surface area contributed by atoms with E-state index < -0.39 is 22.5 Å². The number of hydrogen-bond acceptors (Lipinski definition) is 6. The number of ether oxygens (including phenoxy) is 2. The van der Waals surface area contributed by atoms with Crippen LogP contribution in [0.5, 0.6) is 11.5 Å². The van der Waals surface area contributed by atoms with Crippen LogP contribution >= 0.6 is 0 Å². The van der Waals surface area contributed by atoms with Crippen LogP contribution < -0.4 is 9.47 Å². The van der Waals surface area contributed by atoms with Crippen molar-refractivity contribution in [3.63, 3.8) is 0 Å². The molecule has 0 radical (unpaired) electrons. The van der Waals surface area contributed by atoms with Gasteiger partial charge in [-0.3, -0.25) is 8.98 Å². The van der Waals surface area contributed by atoms with Crippen LogP contribution in [0.2, 0.25) is 0 Å². The first-order chi connectivity index (χ1) is 11.0. The highest BCUT2D eigenvalue weighted by Gasteiger charge is 2.26. The lowest BCUT2D eigenvalue weighted by Crippen LogP contribution is -2.16. The van der Waals surface area contributed by atoms with Gasteiger partial charge in [0.2, 0.25) is 0 Å². The molecule has 0 aliphatic rings. The van der Waals surface area contributed by atoms with Crippen molar-refractivity contribution in [3.05, 3.63) is 54.1 Å². The summed E-state index contributed by atoms with van der Waals surface area (Å²) < 4.78 is 39.7. The molecule has 0 bridgehead atoms. The molecule has 6 nitrogen and oxygen atoms in total. The molecule has 0 fully saturated rings. The predicted molar refractivity (Wildman–Crippen MR) is 83.5 cm³/mol. The Labute approximate surface area is 134 Å². The van der Waals surface area contributed by atoms with Crippen LogP contribution in [0.15, 0.2) is 53.4 Å². The molecule has 122 valence electrons. The van der Waals surface area contributed by atoms with Crippen molar-refractivity contribution in [1.82, 2.24) is 0 Å². The van der Waals surface area contributed by atoms with Crippen molar-refractivity contribution < 1.29 is 26.9 Å². The van der Waals surface area contributed by atoms with E-state index in [1.165, 1.54) is 26.4 Å². The Bertz CT molecular complexity index is 761. The molecule has 0 saturated heterocycles. The zero-order valence-corrected chi connectivity index (χ0v) is 13.5. The quantitative estimate of drug-likeness (QED) is 0.570. The average Bonchev–Trinajstić information content (AvgIpc) is 2.59. The molecule has 0 amide bonds. The summed E-state index contributed by atoms with van der Waals surface area (Å²) in [6.07, 6.45) is 0. The maximum absolute atomic E-state index is 12.4. The first kappa shape index (κ1) is 17.0.